The first-order valence-corrected chi connectivity index (χ1v) is 9.71. The van der Waals surface area contributed by atoms with Crippen LogP contribution in [-0.4, -0.2) is 25.0 Å². The zero-order valence-electron chi connectivity index (χ0n) is 16.5. The Hall–Kier alpha value is -3.51. The smallest absolute Gasteiger partial charge is 0.362 e. The Labute approximate surface area is 175 Å². The van der Waals surface area contributed by atoms with Gasteiger partial charge in [-0.15, -0.1) is 0 Å². The highest BCUT2D eigenvalue weighted by Gasteiger charge is 2.18. The van der Waals surface area contributed by atoms with Crippen molar-refractivity contribution in [3.8, 4) is 0 Å². The molecular weight excluding hydrogens is 383 g/mol. The molecule has 0 bridgehead atoms. The standard InChI is InChI=1S/C24H23FN2O3/c25-21-11-13-22(14-12-21)26-23(28)18-30-24(29)17-27(15-19-7-3-1-4-8-19)16-20-9-5-2-6-10-20/h1-14H,15-18H2,(H,26,28)/p+1. The first-order valence-electron chi connectivity index (χ1n) is 9.71. The van der Waals surface area contributed by atoms with Gasteiger partial charge in [-0.2, -0.15) is 0 Å². The third-order valence-electron chi connectivity index (χ3n) is 4.48. The van der Waals surface area contributed by atoms with Crippen molar-refractivity contribution in [1.29, 1.82) is 0 Å². The topological polar surface area (TPSA) is 59.8 Å². The van der Waals surface area contributed by atoms with Gasteiger partial charge in [0, 0.05) is 16.8 Å². The van der Waals surface area contributed by atoms with Crippen molar-refractivity contribution in [3.63, 3.8) is 0 Å². The van der Waals surface area contributed by atoms with Gasteiger partial charge in [0.15, 0.2) is 13.2 Å². The van der Waals surface area contributed by atoms with Gasteiger partial charge in [-0.3, -0.25) is 4.79 Å². The Balaban J connectivity index is 1.54. The van der Waals surface area contributed by atoms with E-state index >= 15 is 0 Å². The first kappa shape index (κ1) is 21.2. The Bertz CT molecular complexity index is 906. The number of nitrogens with one attached hydrogen (secondary N) is 2. The first-order chi connectivity index (χ1) is 14.6. The number of rotatable bonds is 9. The SMILES string of the molecule is O=C(COC(=O)C[NH+](Cc1ccccc1)Cc1ccccc1)Nc1ccc(F)cc1. The molecule has 3 aromatic rings. The zero-order chi connectivity index (χ0) is 21.2. The van der Waals surface area contributed by atoms with E-state index in [0.717, 1.165) is 16.0 Å². The number of hydrogen-bond acceptors (Lipinski definition) is 3. The molecule has 0 saturated heterocycles. The van der Waals surface area contributed by atoms with Gasteiger partial charge in [0.1, 0.15) is 18.9 Å². The minimum atomic E-state index is -0.470. The van der Waals surface area contributed by atoms with Crippen LogP contribution in [0, 0.1) is 5.82 Å². The van der Waals surface area contributed by atoms with Gasteiger partial charge in [-0.1, -0.05) is 60.7 Å². The van der Waals surface area contributed by atoms with E-state index in [1.807, 2.05) is 60.7 Å². The number of ether oxygens (including phenoxy) is 1. The minimum absolute atomic E-state index is 0.133. The van der Waals surface area contributed by atoms with E-state index in [1.165, 1.54) is 24.3 Å². The van der Waals surface area contributed by atoms with Crippen LogP contribution in [0.15, 0.2) is 84.9 Å². The molecule has 0 atom stereocenters. The highest BCUT2D eigenvalue weighted by Crippen LogP contribution is 2.07. The largest absolute Gasteiger partial charge is 0.451 e. The number of benzene rings is 3. The van der Waals surface area contributed by atoms with Crippen molar-refractivity contribution >= 4 is 17.6 Å². The maximum absolute atomic E-state index is 12.9. The van der Waals surface area contributed by atoms with Gasteiger partial charge in [-0.25, -0.2) is 9.18 Å². The summed E-state index contributed by atoms with van der Waals surface area (Å²) >= 11 is 0. The molecular formula is C24H24FN2O3+. The van der Waals surface area contributed by atoms with Crippen LogP contribution in [0.2, 0.25) is 0 Å². The summed E-state index contributed by atoms with van der Waals surface area (Å²) < 4.78 is 18.1. The van der Waals surface area contributed by atoms with Crippen LogP contribution in [0.4, 0.5) is 10.1 Å². The molecule has 0 aliphatic carbocycles. The van der Waals surface area contributed by atoms with Crippen molar-refractivity contribution < 1.29 is 23.6 Å². The molecule has 5 nitrogen and oxygen atoms in total. The number of quaternary nitrogens is 1. The molecule has 30 heavy (non-hydrogen) atoms. The van der Waals surface area contributed by atoms with E-state index in [1.54, 1.807) is 0 Å². The molecule has 0 unspecified atom stereocenters. The van der Waals surface area contributed by atoms with Crippen LogP contribution >= 0.6 is 0 Å². The monoisotopic (exact) mass is 407 g/mol. The maximum atomic E-state index is 12.9. The Morgan fingerprint density at radius 2 is 1.33 bits per heavy atom. The fourth-order valence-electron chi connectivity index (χ4n) is 3.09. The normalized spacial score (nSPS) is 10.6. The number of hydrogen-bond donors (Lipinski definition) is 2. The van der Waals surface area contributed by atoms with Crippen molar-refractivity contribution in [2.24, 2.45) is 0 Å². The third-order valence-corrected chi connectivity index (χ3v) is 4.48. The molecule has 0 radical (unpaired) electrons. The van der Waals surface area contributed by atoms with Gasteiger partial charge in [-0.05, 0) is 24.3 Å². The summed E-state index contributed by atoms with van der Waals surface area (Å²) in [5.74, 6) is -1.31. The average molecular weight is 407 g/mol. The van der Waals surface area contributed by atoms with Gasteiger partial charge in [0.25, 0.3) is 5.91 Å². The average Bonchev–Trinajstić information content (AvgIpc) is 2.75. The molecule has 0 saturated carbocycles. The van der Waals surface area contributed by atoms with Crippen molar-refractivity contribution in [2.45, 2.75) is 13.1 Å². The van der Waals surface area contributed by atoms with E-state index in [9.17, 15) is 14.0 Å². The summed E-state index contributed by atoms with van der Waals surface area (Å²) in [6.45, 7) is 1.06. The quantitative estimate of drug-likeness (QED) is 0.536. The van der Waals surface area contributed by atoms with E-state index in [-0.39, 0.29) is 19.0 Å². The van der Waals surface area contributed by atoms with E-state index in [2.05, 4.69) is 5.32 Å². The molecule has 0 aromatic heterocycles. The predicted molar refractivity (Wildman–Crippen MR) is 112 cm³/mol. The number of anilines is 1. The second-order valence-electron chi connectivity index (χ2n) is 6.97. The van der Waals surface area contributed by atoms with Gasteiger partial charge in [0.2, 0.25) is 0 Å². The number of carbonyl (C=O) groups excluding carboxylic acids is 2. The summed E-state index contributed by atoms with van der Waals surface area (Å²) in [5, 5.41) is 2.57. The lowest BCUT2D eigenvalue weighted by Crippen LogP contribution is -3.10. The third kappa shape index (κ3) is 7.14. The van der Waals surface area contributed by atoms with Crippen molar-refractivity contribution in [3.05, 3.63) is 102 Å². The molecule has 154 valence electrons. The van der Waals surface area contributed by atoms with Crippen molar-refractivity contribution in [1.82, 2.24) is 0 Å². The molecule has 3 aromatic carbocycles. The van der Waals surface area contributed by atoms with Crippen LogP contribution < -0.4 is 10.2 Å². The second kappa shape index (κ2) is 10.9. The Morgan fingerprint density at radius 3 is 1.87 bits per heavy atom. The fraction of sp³-hybridized carbons (Fsp3) is 0.167. The zero-order valence-corrected chi connectivity index (χ0v) is 16.5. The maximum Gasteiger partial charge on any atom is 0.362 e. The number of esters is 1. The molecule has 0 heterocycles. The molecule has 3 rings (SSSR count). The van der Waals surface area contributed by atoms with Crippen molar-refractivity contribution in [2.75, 3.05) is 18.5 Å². The van der Waals surface area contributed by atoms with Crippen LogP contribution in [0.5, 0.6) is 0 Å². The molecule has 2 N–H and O–H groups in total. The lowest BCUT2D eigenvalue weighted by molar-refractivity contribution is -0.920. The summed E-state index contributed by atoms with van der Waals surface area (Å²) in [6, 6.07) is 25.2. The summed E-state index contributed by atoms with van der Waals surface area (Å²) in [6.07, 6.45) is 0. The number of halogens is 1. The fourth-order valence-corrected chi connectivity index (χ4v) is 3.09. The highest BCUT2D eigenvalue weighted by atomic mass is 19.1. The molecule has 0 aliphatic heterocycles. The Morgan fingerprint density at radius 1 is 0.800 bits per heavy atom. The second-order valence-corrected chi connectivity index (χ2v) is 6.97. The molecule has 0 spiro atoms. The highest BCUT2D eigenvalue weighted by molar-refractivity contribution is 5.92. The Kier molecular flexibility index (Phi) is 7.69. The van der Waals surface area contributed by atoms with E-state index in [0.29, 0.717) is 18.8 Å². The number of amides is 1. The van der Waals surface area contributed by atoms with E-state index in [4.69, 9.17) is 4.74 Å². The predicted octanol–water partition coefficient (Wildman–Crippen LogP) is 2.59. The van der Waals surface area contributed by atoms with Crippen LogP contribution in [0.25, 0.3) is 0 Å². The van der Waals surface area contributed by atoms with Gasteiger partial charge < -0.3 is 15.0 Å². The molecule has 6 heteroatoms. The lowest BCUT2D eigenvalue weighted by Gasteiger charge is -2.19. The van der Waals surface area contributed by atoms with Crippen LogP contribution in [0.1, 0.15) is 11.1 Å². The lowest BCUT2D eigenvalue weighted by atomic mass is 10.1. The summed E-state index contributed by atoms with van der Waals surface area (Å²) in [5.41, 5.74) is 2.67. The van der Waals surface area contributed by atoms with Gasteiger partial charge >= 0.3 is 5.97 Å². The number of carbonyl (C=O) groups is 2. The molecule has 0 aliphatic rings. The summed E-state index contributed by atoms with van der Waals surface area (Å²) in [4.78, 5) is 25.4. The minimum Gasteiger partial charge on any atom is -0.451 e. The van der Waals surface area contributed by atoms with Crippen LogP contribution in [-0.2, 0) is 27.4 Å². The molecule has 0 fully saturated rings. The van der Waals surface area contributed by atoms with E-state index < -0.39 is 11.9 Å². The van der Waals surface area contributed by atoms with Gasteiger partial charge in [0.05, 0.1) is 0 Å². The van der Waals surface area contributed by atoms with Crippen LogP contribution in [0.3, 0.4) is 0 Å². The summed E-state index contributed by atoms with van der Waals surface area (Å²) in [7, 11) is 0. The molecule has 1 amide bonds.